The van der Waals surface area contributed by atoms with E-state index in [1.54, 1.807) is 42.5 Å². The van der Waals surface area contributed by atoms with Crippen molar-refractivity contribution in [3.8, 4) is 11.5 Å². The summed E-state index contributed by atoms with van der Waals surface area (Å²) in [6.07, 6.45) is 0. The number of anilines is 1. The van der Waals surface area contributed by atoms with Gasteiger partial charge in [0.2, 0.25) is 0 Å². The van der Waals surface area contributed by atoms with Gasteiger partial charge in [-0.2, -0.15) is 5.10 Å². The van der Waals surface area contributed by atoms with Crippen LogP contribution in [0.25, 0.3) is 10.8 Å². The van der Waals surface area contributed by atoms with Crippen molar-refractivity contribution in [3.05, 3.63) is 93.9 Å². The quantitative estimate of drug-likeness (QED) is 0.439. The third-order valence-electron chi connectivity index (χ3n) is 4.69. The minimum absolute atomic E-state index is 0.148. The number of nitrogens with one attached hydrogen (secondary N) is 1. The molecule has 0 fully saturated rings. The van der Waals surface area contributed by atoms with E-state index in [1.807, 2.05) is 44.2 Å². The Morgan fingerprint density at radius 1 is 1.00 bits per heavy atom. The number of para-hydroxylation sites is 1. The van der Waals surface area contributed by atoms with Gasteiger partial charge in [-0.05, 0) is 50.2 Å². The lowest BCUT2D eigenvalue weighted by Crippen LogP contribution is -2.29. The Morgan fingerprint density at radius 3 is 2.39 bits per heavy atom. The third kappa shape index (κ3) is 4.29. The molecule has 0 saturated carbocycles. The summed E-state index contributed by atoms with van der Waals surface area (Å²) >= 11 is 6.16. The lowest BCUT2D eigenvalue weighted by atomic mass is 10.1. The van der Waals surface area contributed by atoms with Crippen LogP contribution in [0.3, 0.4) is 0 Å². The van der Waals surface area contributed by atoms with E-state index in [-0.39, 0.29) is 17.3 Å². The van der Waals surface area contributed by atoms with E-state index in [4.69, 9.17) is 16.3 Å². The first kappa shape index (κ1) is 20.6. The number of aromatic nitrogens is 2. The van der Waals surface area contributed by atoms with Crippen molar-refractivity contribution in [2.45, 2.75) is 19.9 Å². The van der Waals surface area contributed by atoms with Crippen LogP contribution in [0.1, 0.15) is 30.4 Å². The van der Waals surface area contributed by atoms with Gasteiger partial charge in [0.25, 0.3) is 11.5 Å². The summed E-state index contributed by atoms with van der Waals surface area (Å²) in [5.74, 6) is 0.591. The molecule has 0 bridgehead atoms. The topological polar surface area (TPSA) is 73.2 Å². The lowest BCUT2D eigenvalue weighted by molar-refractivity contribution is 0.102. The Kier molecular flexibility index (Phi) is 5.73. The fourth-order valence-electron chi connectivity index (χ4n) is 3.21. The van der Waals surface area contributed by atoms with E-state index in [1.165, 1.54) is 4.68 Å². The number of ether oxygens (including phenoxy) is 1. The van der Waals surface area contributed by atoms with Crippen LogP contribution in [0.15, 0.2) is 77.6 Å². The normalized spacial score (nSPS) is 11.0. The molecule has 0 atom stereocenters. The molecule has 1 amide bonds. The second-order valence-electron chi connectivity index (χ2n) is 7.25. The van der Waals surface area contributed by atoms with Crippen LogP contribution >= 0.6 is 11.6 Å². The predicted octanol–water partition coefficient (Wildman–Crippen LogP) is 5.68. The van der Waals surface area contributed by atoms with Crippen molar-refractivity contribution in [2.75, 3.05) is 5.32 Å². The van der Waals surface area contributed by atoms with Gasteiger partial charge < -0.3 is 10.1 Å². The summed E-state index contributed by atoms with van der Waals surface area (Å²) in [5, 5.41) is 8.55. The van der Waals surface area contributed by atoms with Gasteiger partial charge in [0.15, 0.2) is 11.4 Å². The van der Waals surface area contributed by atoms with E-state index >= 15 is 0 Å². The minimum Gasteiger partial charge on any atom is -0.455 e. The lowest BCUT2D eigenvalue weighted by Gasteiger charge is -2.15. The fraction of sp³-hybridized carbons (Fsp3) is 0.125. The van der Waals surface area contributed by atoms with Gasteiger partial charge in [0.05, 0.1) is 17.1 Å². The second kappa shape index (κ2) is 8.62. The Balaban J connectivity index is 1.76. The van der Waals surface area contributed by atoms with Gasteiger partial charge in [-0.1, -0.05) is 48.0 Å². The van der Waals surface area contributed by atoms with Crippen molar-refractivity contribution in [3.63, 3.8) is 0 Å². The highest BCUT2D eigenvalue weighted by Gasteiger charge is 2.19. The number of rotatable bonds is 5. The Morgan fingerprint density at radius 2 is 1.68 bits per heavy atom. The van der Waals surface area contributed by atoms with Crippen LogP contribution in [0.5, 0.6) is 11.5 Å². The highest BCUT2D eigenvalue weighted by Crippen LogP contribution is 2.32. The SMILES string of the molecule is CC(C)n1nc(C(=O)Nc2cc(Cl)ccc2Oc2ccccc2)c2ccccc2c1=O. The molecule has 156 valence electrons. The van der Waals surface area contributed by atoms with Crippen LogP contribution in [-0.2, 0) is 0 Å². The molecule has 0 unspecified atom stereocenters. The van der Waals surface area contributed by atoms with E-state index in [2.05, 4.69) is 10.4 Å². The van der Waals surface area contributed by atoms with Gasteiger partial charge in [-0.25, -0.2) is 4.68 Å². The molecule has 1 N–H and O–H groups in total. The molecular formula is C24H20ClN3O3. The molecule has 0 saturated heterocycles. The van der Waals surface area contributed by atoms with Crippen molar-refractivity contribution in [1.82, 2.24) is 9.78 Å². The van der Waals surface area contributed by atoms with Crippen molar-refractivity contribution < 1.29 is 9.53 Å². The molecule has 1 aromatic heterocycles. The predicted molar refractivity (Wildman–Crippen MR) is 122 cm³/mol. The molecule has 6 nitrogen and oxygen atoms in total. The standard InChI is InChI=1S/C24H20ClN3O3/c1-15(2)28-24(30)19-11-7-6-10-18(19)22(27-28)23(29)26-20-14-16(25)12-13-21(20)31-17-8-4-3-5-9-17/h3-15H,1-2H3,(H,26,29). The molecule has 7 heteroatoms. The Labute approximate surface area is 184 Å². The number of nitrogens with zero attached hydrogens (tertiary/aromatic N) is 2. The van der Waals surface area contributed by atoms with Crippen LogP contribution < -0.4 is 15.6 Å². The zero-order valence-corrected chi connectivity index (χ0v) is 17.8. The summed E-state index contributed by atoms with van der Waals surface area (Å²) in [7, 11) is 0. The molecule has 0 spiro atoms. The second-order valence-corrected chi connectivity index (χ2v) is 7.68. The van der Waals surface area contributed by atoms with Crippen LogP contribution in [-0.4, -0.2) is 15.7 Å². The smallest absolute Gasteiger partial charge is 0.276 e. The summed E-state index contributed by atoms with van der Waals surface area (Å²) in [6, 6.07) is 20.9. The summed E-state index contributed by atoms with van der Waals surface area (Å²) in [6.45, 7) is 3.68. The first-order chi connectivity index (χ1) is 14.9. The van der Waals surface area contributed by atoms with Gasteiger partial charge in [-0.3, -0.25) is 9.59 Å². The maximum atomic E-state index is 13.2. The Hall–Kier alpha value is -3.64. The zero-order chi connectivity index (χ0) is 22.0. The summed E-state index contributed by atoms with van der Waals surface area (Å²) in [5.41, 5.74) is 0.307. The minimum atomic E-state index is -0.467. The van der Waals surface area contributed by atoms with Gasteiger partial charge >= 0.3 is 0 Å². The monoisotopic (exact) mass is 433 g/mol. The molecule has 0 aliphatic heterocycles. The average molecular weight is 434 g/mol. The van der Waals surface area contributed by atoms with E-state index in [9.17, 15) is 9.59 Å². The van der Waals surface area contributed by atoms with Gasteiger partial charge in [-0.15, -0.1) is 0 Å². The maximum Gasteiger partial charge on any atom is 0.276 e. The molecule has 0 aliphatic carbocycles. The molecule has 4 rings (SSSR count). The number of halogens is 1. The number of fused-ring (bicyclic) bond motifs is 1. The molecule has 0 aliphatic rings. The van der Waals surface area contributed by atoms with E-state index < -0.39 is 5.91 Å². The van der Waals surface area contributed by atoms with Crippen LogP contribution in [0, 0.1) is 0 Å². The van der Waals surface area contributed by atoms with Crippen molar-refractivity contribution in [1.29, 1.82) is 0 Å². The number of hydrogen-bond acceptors (Lipinski definition) is 4. The van der Waals surface area contributed by atoms with E-state index in [0.29, 0.717) is 33.0 Å². The molecular weight excluding hydrogens is 414 g/mol. The van der Waals surface area contributed by atoms with Crippen LogP contribution in [0.2, 0.25) is 5.02 Å². The number of carbonyl (C=O) groups is 1. The summed E-state index contributed by atoms with van der Waals surface area (Å²) in [4.78, 5) is 26.0. The van der Waals surface area contributed by atoms with Crippen molar-refractivity contribution in [2.24, 2.45) is 0 Å². The number of carbonyl (C=O) groups excluding carboxylic acids is 1. The first-order valence-electron chi connectivity index (χ1n) is 9.79. The number of benzene rings is 3. The maximum absolute atomic E-state index is 13.2. The highest BCUT2D eigenvalue weighted by atomic mass is 35.5. The van der Waals surface area contributed by atoms with Crippen molar-refractivity contribution >= 4 is 34.0 Å². The number of amides is 1. The van der Waals surface area contributed by atoms with Gasteiger partial charge in [0.1, 0.15) is 5.75 Å². The first-order valence-corrected chi connectivity index (χ1v) is 10.2. The molecule has 1 heterocycles. The Bertz CT molecular complexity index is 1320. The molecule has 4 aromatic rings. The van der Waals surface area contributed by atoms with Gasteiger partial charge in [0, 0.05) is 10.4 Å². The summed E-state index contributed by atoms with van der Waals surface area (Å²) < 4.78 is 7.24. The number of hydrogen-bond donors (Lipinski definition) is 1. The highest BCUT2D eigenvalue weighted by molar-refractivity contribution is 6.31. The average Bonchev–Trinajstić information content (AvgIpc) is 2.76. The molecule has 3 aromatic carbocycles. The molecule has 0 radical (unpaired) electrons. The largest absolute Gasteiger partial charge is 0.455 e. The fourth-order valence-corrected chi connectivity index (χ4v) is 3.38. The third-order valence-corrected chi connectivity index (χ3v) is 4.93. The van der Waals surface area contributed by atoms with E-state index in [0.717, 1.165) is 0 Å². The molecule has 31 heavy (non-hydrogen) atoms. The van der Waals surface area contributed by atoms with Crippen LogP contribution in [0.4, 0.5) is 5.69 Å². The zero-order valence-electron chi connectivity index (χ0n) is 17.0.